The molecule has 290 valence electrons. The van der Waals surface area contributed by atoms with Gasteiger partial charge in [0.1, 0.15) is 25.1 Å². The third kappa shape index (κ3) is 10.2. The fraction of sp³-hybridized carbons (Fsp3) is 0.881. The van der Waals surface area contributed by atoms with Crippen molar-refractivity contribution in [1.29, 1.82) is 0 Å². The Morgan fingerprint density at radius 3 is 1.98 bits per heavy atom. The number of carbonyl (C=O) groups is 5. The molecular weight excluding hydrogens is 648 g/mol. The second kappa shape index (κ2) is 18.1. The molecule has 0 N–H and O–H groups in total. The number of Topliss-reactive ketones (excluding diaryl/α,β-unsaturated/α-hetero) is 1. The summed E-state index contributed by atoms with van der Waals surface area (Å²) in [6.07, 6.45) is 15.5. The summed E-state index contributed by atoms with van der Waals surface area (Å²) in [4.78, 5) is 61.6. The zero-order chi connectivity index (χ0) is 37.4. The van der Waals surface area contributed by atoms with Gasteiger partial charge >= 0.3 is 23.9 Å². The van der Waals surface area contributed by atoms with E-state index in [1.54, 1.807) is 13.8 Å². The summed E-state index contributed by atoms with van der Waals surface area (Å²) < 4.78 is 22.0. The smallest absolute Gasteiger partial charge is 0.312 e. The number of fused-ring (bicyclic) bond motifs is 5. The maximum atomic E-state index is 13.0. The number of hydrogen-bond donors (Lipinski definition) is 0. The highest BCUT2D eigenvalue weighted by Crippen LogP contribution is 2.67. The summed E-state index contributed by atoms with van der Waals surface area (Å²) in [5.41, 5.74) is -0.228. The van der Waals surface area contributed by atoms with Crippen LogP contribution in [-0.4, -0.2) is 55.1 Å². The first-order valence-corrected chi connectivity index (χ1v) is 20.4. The van der Waals surface area contributed by atoms with Crippen molar-refractivity contribution in [3.8, 4) is 0 Å². The molecule has 0 unspecified atom stereocenters. The van der Waals surface area contributed by atoms with Crippen molar-refractivity contribution in [2.45, 2.75) is 176 Å². The van der Waals surface area contributed by atoms with Crippen LogP contribution in [-0.2, 0) is 42.9 Å². The van der Waals surface area contributed by atoms with Gasteiger partial charge in [0, 0.05) is 25.2 Å². The molecular formula is C42H68O9. The van der Waals surface area contributed by atoms with Crippen LogP contribution in [0.5, 0.6) is 0 Å². The van der Waals surface area contributed by atoms with Crippen molar-refractivity contribution in [3.05, 3.63) is 0 Å². The predicted octanol–water partition coefficient (Wildman–Crippen LogP) is 8.72. The van der Waals surface area contributed by atoms with Gasteiger partial charge in [0.25, 0.3) is 0 Å². The second-order valence-corrected chi connectivity index (χ2v) is 17.6. The maximum Gasteiger partial charge on any atom is 0.312 e. The first-order chi connectivity index (χ1) is 24.1. The summed E-state index contributed by atoms with van der Waals surface area (Å²) in [7, 11) is 0. The monoisotopic (exact) mass is 716 g/mol. The normalized spacial score (nSPS) is 31.5. The van der Waals surface area contributed by atoms with E-state index >= 15 is 0 Å². The average Bonchev–Trinajstić information content (AvgIpc) is 3.46. The van der Waals surface area contributed by atoms with Crippen LogP contribution in [0.1, 0.15) is 164 Å². The Balaban J connectivity index is 1.12. The lowest BCUT2D eigenvalue weighted by Gasteiger charge is -2.61. The molecule has 8 atom stereocenters. The van der Waals surface area contributed by atoms with Gasteiger partial charge in [-0.2, -0.15) is 0 Å². The topological polar surface area (TPSA) is 122 Å². The van der Waals surface area contributed by atoms with E-state index in [1.807, 2.05) is 20.8 Å². The fourth-order valence-electron chi connectivity index (χ4n) is 10.7. The standard InChI is InChI=1S/C42H68O9/c1-8-36(44)48-26-31(27-49-37(45)9-2)51-39(47)40(4,5)22-14-12-10-11-13-15-38(46)50-30-20-23-41(6)29(25-30)16-17-32-34-19-18-33(28(3)43)42(34,7)24-21-35(32)41/h29-35H,8-27H2,1-7H3/t29-,30+,32-,33+,34-,35-,41-,42+/m0/s1. The zero-order valence-corrected chi connectivity index (χ0v) is 32.9. The van der Waals surface area contributed by atoms with Gasteiger partial charge in [-0.15, -0.1) is 0 Å². The van der Waals surface area contributed by atoms with Crippen LogP contribution in [0.2, 0.25) is 0 Å². The van der Waals surface area contributed by atoms with Crippen molar-refractivity contribution in [2.24, 2.45) is 45.8 Å². The third-order valence-electron chi connectivity index (χ3n) is 13.9. The summed E-state index contributed by atoms with van der Waals surface area (Å²) >= 11 is 0. The molecule has 0 aromatic heterocycles. The lowest BCUT2D eigenvalue weighted by Crippen LogP contribution is -2.54. The van der Waals surface area contributed by atoms with Gasteiger partial charge in [0.15, 0.2) is 6.10 Å². The molecule has 51 heavy (non-hydrogen) atoms. The summed E-state index contributed by atoms with van der Waals surface area (Å²) in [5.74, 6) is 2.13. The van der Waals surface area contributed by atoms with E-state index in [2.05, 4.69) is 13.8 Å². The van der Waals surface area contributed by atoms with Gasteiger partial charge in [0.05, 0.1) is 5.41 Å². The van der Waals surface area contributed by atoms with Crippen LogP contribution < -0.4 is 0 Å². The number of ketones is 1. The predicted molar refractivity (Wildman–Crippen MR) is 194 cm³/mol. The Labute approximate surface area is 307 Å². The Kier molecular flexibility index (Phi) is 14.6. The molecule has 9 heteroatoms. The van der Waals surface area contributed by atoms with Crippen LogP contribution in [0.15, 0.2) is 0 Å². The molecule has 0 radical (unpaired) electrons. The van der Waals surface area contributed by atoms with E-state index in [-0.39, 0.29) is 49.5 Å². The van der Waals surface area contributed by atoms with E-state index in [0.29, 0.717) is 35.9 Å². The number of unbranched alkanes of at least 4 members (excludes halogenated alkanes) is 4. The van der Waals surface area contributed by atoms with Crippen LogP contribution in [0.25, 0.3) is 0 Å². The highest BCUT2D eigenvalue weighted by atomic mass is 16.6. The van der Waals surface area contributed by atoms with E-state index in [9.17, 15) is 24.0 Å². The zero-order valence-electron chi connectivity index (χ0n) is 32.9. The average molecular weight is 717 g/mol. The number of rotatable bonds is 18. The SMILES string of the molecule is CCC(=O)OCC(COC(=O)CC)OC(=O)C(C)(C)CCCCCCCC(=O)O[C@@H]1CC[C@@]2(C)[C@@H](CC[C@@H]3[C@@H]2CC[C@]2(C)[C@@H](C(C)=O)CC[C@@H]32)C1. The van der Waals surface area contributed by atoms with E-state index < -0.39 is 29.4 Å². The molecule has 9 nitrogen and oxygen atoms in total. The van der Waals surface area contributed by atoms with Crippen molar-refractivity contribution >= 4 is 29.7 Å². The molecule has 4 fully saturated rings. The van der Waals surface area contributed by atoms with Gasteiger partial charge in [-0.3, -0.25) is 24.0 Å². The number of ether oxygens (including phenoxy) is 4. The first-order valence-electron chi connectivity index (χ1n) is 20.4. The highest BCUT2D eigenvalue weighted by molar-refractivity contribution is 5.79. The fourth-order valence-corrected chi connectivity index (χ4v) is 10.7. The van der Waals surface area contributed by atoms with E-state index in [1.165, 1.54) is 32.1 Å². The van der Waals surface area contributed by atoms with Crippen LogP contribution in [0.4, 0.5) is 0 Å². The second-order valence-electron chi connectivity index (χ2n) is 17.6. The van der Waals surface area contributed by atoms with E-state index in [4.69, 9.17) is 18.9 Å². The van der Waals surface area contributed by atoms with Crippen molar-refractivity contribution < 1.29 is 42.9 Å². The molecule has 4 saturated carbocycles. The highest BCUT2D eigenvalue weighted by Gasteiger charge is 2.61. The molecule has 0 amide bonds. The van der Waals surface area contributed by atoms with Crippen LogP contribution in [0.3, 0.4) is 0 Å². The van der Waals surface area contributed by atoms with Gasteiger partial charge in [-0.05, 0) is 126 Å². The Hall–Kier alpha value is -2.45. The Morgan fingerprint density at radius 1 is 0.725 bits per heavy atom. The molecule has 0 heterocycles. The van der Waals surface area contributed by atoms with Crippen molar-refractivity contribution in [2.75, 3.05) is 13.2 Å². The number of esters is 4. The molecule has 0 aliphatic heterocycles. The minimum absolute atomic E-state index is 0.0357. The Bertz CT molecular complexity index is 1210. The molecule has 0 aromatic rings. The third-order valence-corrected chi connectivity index (χ3v) is 13.9. The molecule has 0 spiro atoms. The van der Waals surface area contributed by atoms with Gasteiger partial charge in [0.2, 0.25) is 0 Å². The lowest BCUT2D eigenvalue weighted by molar-refractivity contribution is -0.173. The van der Waals surface area contributed by atoms with Crippen LogP contribution in [0, 0.1) is 45.8 Å². The summed E-state index contributed by atoms with van der Waals surface area (Å²) in [5, 5.41) is 0. The Morgan fingerprint density at radius 2 is 1.33 bits per heavy atom. The number of hydrogen-bond acceptors (Lipinski definition) is 9. The van der Waals surface area contributed by atoms with Crippen molar-refractivity contribution in [1.82, 2.24) is 0 Å². The first kappa shape index (κ1) is 41.3. The van der Waals surface area contributed by atoms with Gasteiger partial charge in [-0.1, -0.05) is 53.4 Å². The molecule has 0 bridgehead atoms. The number of carbonyl (C=O) groups excluding carboxylic acids is 5. The van der Waals surface area contributed by atoms with Crippen LogP contribution >= 0.6 is 0 Å². The minimum atomic E-state index is -0.848. The molecule has 4 aliphatic carbocycles. The molecule has 4 aliphatic rings. The largest absolute Gasteiger partial charge is 0.462 e. The quantitative estimate of drug-likeness (QED) is 0.0779. The summed E-state index contributed by atoms with van der Waals surface area (Å²) in [6.45, 7) is 13.5. The molecule has 0 aromatic carbocycles. The molecule has 0 saturated heterocycles. The minimum Gasteiger partial charge on any atom is -0.462 e. The van der Waals surface area contributed by atoms with Crippen molar-refractivity contribution in [3.63, 3.8) is 0 Å². The lowest BCUT2D eigenvalue weighted by atomic mass is 9.44. The van der Waals surface area contributed by atoms with Gasteiger partial charge < -0.3 is 18.9 Å². The molecule has 4 rings (SSSR count). The summed E-state index contributed by atoms with van der Waals surface area (Å²) in [6, 6.07) is 0. The van der Waals surface area contributed by atoms with Gasteiger partial charge in [-0.25, -0.2) is 0 Å². The van der Waals surface area contributed by atoms with E-state index in [0.717, 1.165) is 69.6 Å². The maximum absolute atomic E-state index is 13.0.